The first-order valence-corrected chi connectivity index (χ1v) is 10.5. The quantitative estimate of drug-likeness (QED) is 0.775. The summed E-state index contributed by atoms with van der Waals surface area (Å²) >= 11 is 0. The van der Waals surface area contributed by atoms with Gasteiger partial charge in [-0.15, -0.1) is 0 Å². The molecule has 1 saturated carbocycles. The summed E-state index contributed by atoms with van der Waals surface area (Å²) in [6.45, 7) is 0. The Bertz CT molecular complexity index is 900. The molecule has 3 rings (SSSR count). The van der Waals surface area contributed by atoms with E-state index in [4.69, 9.17) is 9.68 Å². The molecule has 26 heavy (non-hydrogen) atoms. The van der Waals surface area contributed by atoms with Crippen LogP contribution in [-0.2, 0) is 25.8 Å². The van der Waals surface area contributed by atoms with Gasteiger partial charge < -0.3 is 4.42 Å². The highest BCUT2D eigenvalue weighted by Crippen LogP contribution is 2.41. The predicted octanol–water partition coefficient (Wildman–Crippen LogP) is 3.54. The summed E-state index contributed by atoms with van der Waals surface area (Å²) in [5, 5.41) is 8.82. The molecule has 0 unspecified atom stereocenters. The van der Waals surface area contributed by atoms with Crippen LogP contribution in [0.25, 0.3) is 0 Å². The monoisotopic (exact) mass is 371 g/mol. The van der Waals surface area contributed by atoms with Gasteiger partial charge in [0.25, 0.3) is 0 Å². The lowest BCUT2D eigenvalue weighted by atomic mass is 9.70. The summed E-state index contributed by atoms with van der Waals surface area (Å²) in [5.74, 6) is -0.400. The summed E-state index contributed by atoms with van der Waals surface area (Å²) in [7, 11) is -3.61. The number of hydrogen-bond acceptors (Lipinski definition) is 5. The molecule has 0 amide bonds. The van der Waals surface area contributed by atoms with Crippen LogP contribution in [0.15, 0.2) is 47.1 Å². The molecule has 2 aromatic rings. The number of nitriles is 1. The molecular weight excluding hydrogens is 350 g/mol. The van der Waals surface area contributed by atoms with Gasteiger partial charge in [-0.2, -0.15) is 5.26 Å². The molecule has 0 bridgehead atoms. The summed E-state index contributed by atoms with van der Waals surface area (Å²) in [6, 6.07) is 11.9. The first kappa shape index (κ1) is 18.4. The Morgan fingerprint density at radius 2 is 1.81 bits per heavy atom. The van der Waals surface area contributed by atoms with Crippen molar-refractivity contribution in [1.82, 2.24) is 0 Å². The minimum atomic E-state index is -3.61. The van der Waals surface area contributed by atoms with Crippen LogP contribution in [0.5, 0.6) is 0 Å². The topological polar surface area (TPSA) is 88.1 Å². The summed E-state index contributed by atoms with van der Waals surface area (Å²) in [5.41, 5.74) is 0.230. The number of rotatable bonds is 6. The fourth-order valence-electron chi connectivity index (χ4n) is 3.69. The van der Waals surface area contributed by atoms with Crippen molar-refractivity contribution in [2.24, 2.45) is 0 Å². The molecule has 1 aromatic carbocycles. The lowest BCUT2D eigenvalue weighted by Crippen LogP contribution is -2.41. The Balaban J connectivity index is 1.78. The summed E-state index contributed by atoms with van der Waals surface area (Å²) in [6.07, 6.45) is 5.62. The number of carbonyl (C=O) groups excluding carboxylic acids is 1. The van der Waals surface area contributed by atoms with E-state index in [-0.39, 0.29) is 11.5 Å². The Hall–Kier alpha value is -2.39. The van der Waals surface area contributed by atoms with Crippen LogP contribution >= 0.6 is 0 Å². The molecule has 1 fully saturated rings. The zero-order valence-corrected chi connectivity index (χ0v) is 15.3. The van der Waals surface area contributed by atoms with Gasteiger partial charge in [-0.05, 0) is 42.7 Å². The van der Waals surface area contributed by atoms with Gasteiger partial charge in [0.15, 0.2) is 15.6 Å². The number of Topliss-reactive ketones (excluding diaryl/α,β-unsaturated/α-hetero) is 1. The number of carbonyl (C=O) groups is 1. The van der Waals surface area contributed by atoms with E-state index in [1.165, 1.54) is 6.26 Å². The fraction of sp³-hybridized carbons (Fsp3) is 0.400. The average Bonchev–Trinajstić information content (AvgIpc) is 3.17. The molecule has 5 nitrogen and oxygen atoms in total. The number of benzene rings is 1. The normalized spacial score (nSPS) is 16.7. The van der Waals surface area contributed by atoms with Gasteiger partial charge in [0.2, 0.25) is 0 Å². The molecule has 1 aliphatic rings. The van der Waals surface area contributed by atoms with Crippen LogP contribution in [-0.4, -0.2) is 20.0 Å². The van der Waals surface area contributed by atoms with Crippen molar-refractivity contribution in [3.05, 3.63) is 59.5 Å². The van der Waals surface area contributed by atoms with Crippen LogP contribution < -0.4 is 0 Å². The Morgan fingerprint density at radius 1 is 1.12 bits per heavy atom. The van der Waals surface area contributed by atoms with Crippen molar-refractivity contribution in [3.8, 4) is 6.07 Å². The molecule has 136 valence electrons. The predicted molar refractivity (Wildman–Crippen MR) is 97.1 cm³/mol. The Labute approximate surface area is 153 Å². The van der Waals surface area contributed by atoms with Gasteiger partial charge in [-0.1, -0.05) is 31.4 Å². The van der Waals surface area contributed by atoms with E-state index in [1.54, 1.807) is 36.4 Å². The van der Waals surface area contributed by atoms with Gasteiger partial charge in [-0.25, -0.2) is 8.42 Å². The Kier molecular flexibility index (Phi) is 5.28. The summed E-state index contributed by atoms with van der Waals surface area (Å²) < 4.78 is 30.7. The minimum absolute atomic E-state index is 0.210. The van der Waals surface area contributed by atoms with Crippen LogP contribution in [0, 0.1) is 11.3 Å². The van der Waals surface area contributed by atoms with Gasteiger partial charge in [-0.3, -0.25) is 4.79 Å². The highest BCUT2D eigenvalue weighted by Gasteiger charge is 2.44. The lowest BCUT2D eigenvalue weighted by Gasteiger charge is -2.34. The lowest BCUT2D eigenvalue weighted by molar-refractivity contribution is -0.124. The summed E-state index contributed by atoms with van der Waals surface area (Å²) in [4.78, 5) is 13.0. The first-order valence-electron chi connectivity index (χ1n) is 8.72. The molecule has 1 heterocycles. The second kappa shape index (κ2) is 7.46. The molecule has 0 saturated heterocycles. The van der Waals surface area contributed by atoms with Crippen LogP contribution in [0.2, 0.25) is 0 Å². The van der Waals surface area contributed by atoms with Crippen LogP contribution in [0.4, 0.5) is 0 Å². The third-order valence-corrected chi connectivity index (χ3v) is 6.53. The molecule has 1 aromatic heterocycles. The van der Waals surface area contributed by atoms with E-state index in [9.17, 15) is 13.2 Å². The third-order valence-electron chi connectivity index (χ3n) is 5.05. The molecule has 0 aliphatic heterocycles. The van der Waals surface area contributed by atoms with E-state index >= 15 is 0 Å². The van der Waals surface area contributed by atoms with Gasteiger partial charge >= 0.3 is 0 Å². The number of sulfone groups is 1. The average molecular weight is 371 g/mol. The Morgan fingerprint density at radius 3 is 2.38 bits per heavy atom. The maximum atomic E-state index is 13.0. The van der Waals surface area contributed by atoms with Crippen molar-refractivity contribution in [3.63, 3.8) is 0 Å². The van der Waals surface area contributed by atoms with Crippen LogP contribution in [0.1, 0.15) is 49.0 Å². The molecule has 1 aliphatic carbocycles. The molecular formula is C20H21NO4S. The maximum Gasteiger partial charge on any atom is 0.161 e. The van der Waals surface area contributed by atoms with Crippen LogP contribution in [0.3, 0.4) is 0 Å². The fourth-order valence-corrected chi connectivity index (χ4v) is 5.17. The number of hydrogen-bond donors (Lipinski definition) is 0. The second-order valence-corrected chi connectivity index (χ2v) is 8.95. The van der Waals surface area contributed by atoms with Crippen molar-refractivity contribution in [1.29, 1.82) is 5.26 Å². The number of ketones is 1. The molecule has 6 heteroatoms. The van der Waals surface area contributed by atoms with E-state index in [2.05, 4.69) is 0 Å². The van der Waals surface area contributed by atoms with E-state index in [0.717, 1.165) is 19.3 Å². The van der Waals surface area contributed by atoms with Crippen molar-refractivity contribution < 1.29 is 17.6 Å². The van der Waals surface area contributed by atoms with Gasteiger partial charge in [0.1, 0.15) is 11.5 Å². The molecule has 0 atom stereocenters. The van der Waals surface area contributed by atoms with Crippen molar-refractivity contribution in [2.75, 3.05) is 5.75 Å². The second-order valence-electron chi connectivity index (χ2n) is 6.88. The van der Waals surface area contributed by atoms with Gasteiger partial charge in [0.05, 0.1) is 29.1 Å². The number of nitrogens with zero attached hydrogens (tertiary/aromatic N) is 1. The molecule has 0 spiro atoms. The zero-order chi connectivity index (χ0) is 18.6. The van der Waals surface area contributed by atoms with Crippen molar-refractivity contribution in [2.45, 2.75) is 43.3 Å². The standard InChI is InChI=1S/C20H21NO4S/c21-13-16-6-8-17(9-7-16)14-26(23,24)15-18(22)20(10-2-1-3-11-20)19-5-4-12-25-19/h4-9,12H,1-3,10-11,14-15H2. The first-order chi connectivity index (χ1) is 12.5. The zero-order valence-electron chi connectivity index (χ0n) is 14.5. The SMILES string of the molecule is N#Cc1ccc(CS(=O)(=O)CC(=O)C2(c3ccco3)CCCCC2)cc1. The maximum absolute atomic E-state index is 13.0. The van der Waals surface area contributed by atoms with E-state index < -0.39 is 21.0 Å². The molecule has 0 radical (unpaired) electrons. The molecule has 0 N–H and O–H groups in total. The minimum Gasteiger partial charge on any atom is -0.468 e. The highest BCUT2D eigenvalue weighted by atomic mass is 32.2. The van der Waals surface area contributed by atoms with E-state index in [0.29, 0.717) is 29.7 Å². The highest BCUT2D eigenvalue weighted by molar-refractivity contribution is 7.91. The smallest absolute Gasteiger partial charge is 0.161 e. The van der Waals surface area contributed by atoms with Gasteiger partial charge in [0, 0.05) is 0 Å². The van der Waals surface area contributed by atoms with Crippen molar-refractivity contribution >= 4 is 15.6 Å². The number of furan rings is 1. The largest absolute Gasteiger partial charge is 0.468 e. The third kappa shape index (κ3) is 3.88. The van der Waals surface area contributed by atoms with E-state index in [1.807, 2.05) is 6.07 Å².